The third kappa shape index (κ3) is 3.55. The van der Waals surface area contributed by atoms with Gasteiger partial charge in [0.2, 0.25) is 0 Å². The van der Waals surface area contributed by atoms with Gasteiger partial charge in [0.05, 0.1) is 10.9 Å². The standard InChI is InChI=1S/C14H13ClN4O2S2/c15-12-11(17-18-23-12)8-22-14-16-10-5-2-1-4-9(10)13(21)19(14)6-3-7-20/h1-2,4-5,20H,3,6-8H2. The average molecular weight is 369 g/mol. The maximum atomic E-state index is 12.7. The molecule has 0 spiro atoms. The number of aliphatic hydroxyl groups is 1. The fraction of sp³-hybridized carbons (Fsp3) is 0.286. The lowest BCUT2D eigenvalue weighted by Crippen LogP contribution is -2.24. The van der Waals surface area contributed by atoms with Gasteiger partial charge in [0, 0.05) is 30.4 Å². The minimum Gasteiger partial charge on any atom is -0.396 e. The summed E-state index contributed by atoms with van der Waals surface area (Å²) in [5, 5.41) is 14.2. The first-order valence-corrected chi connectivity index (χ1v) is 9.04. The summed E-state index contributed by atoms with van der Waals surface area (Å²) in [4.78, 5) is 17.2. The maximum absolute atomic E-state index is 12.7. The fourth-order valence-corrected chi connectivity index (χ4v) is 3.86. The van der Waals surface area contributed by atoms with E-state index < -0.39 is 0 Å². The first-order chi connectivity index (χ1) is 11.2. The molecule has 120 valence electrons. The van der Waals surface area contributed by atoms with Crippen molar-refractivity contribution in [2.45, 2.75) is 23.9 Å². The Bertz CT molecular complexity index is 881. The van der Waals surface area contributed by atoms with E-state index in [4.69, 9.17) is 16.7 Å². The van der Waals surface area contributed by atoms with Crippen molar-refractivity contribution in [3.63, 3.8) is 0 Å². The molecule has 1 N–H and O–H groups in total. The third-order valence-electron chi connectivity index (χ3n) is 3.21. The molecule has 9 heteroatoms. The minimum absolute atomic E-state index is 0.0191. The number of hydrogen-bond donors (Lipinski definition) is 1. The van der Waals surface area contributed by atoms with Crippen LogP contribution in [0.4, 0.5) is 0 Å². The van der Waals surface area contributed by atoms with Crippen molar-refractivity contribution in [3.8, 4) is 0 Å². The normalized spacial score (nSPS) is 11.2. The Kier molecular flexibility index (Phi) is 5.27. The number of para-hydroxylation sites is 1. The van der Waals surface area contributed by atoms with Crippen LogP contribution in [0.3, 0.4) is 0 Å². The van der Waals surface area contributed by atoms with Crippen molar-refractivity contribution in [1.82, 2.24) is 19.1 Å². The molecule has 0 fully saturated rings. The van der Waals surface area contributed by atoms with Gasteiger partial charge in [-0.05, 0) is 18.6 Å². The van der Waals surface area contributed by atoms with Gasteiger partial charge in [-0.1, -0.05) is 40.0 Å². The van der Waals surface area contributed by atoms with Crippen LogP contribution in [-0.4, -0.2) is 30.9 Å². The number of fused-ring (bicyclic) bond motifs is 1. The maximum Gasteiger partial charge on any atom is 0.262 e. The van der Waals surface area contributed by atoms with E-state index in [0.717, 1.165) is 11.5 Å². The van der Waals surface area contributed by atoms with E-state index in [1.54, 1.807) is 10.6 Å². The topological polar surface area (TPSA) is 80.9 Å². The first-order valence-electron chi connectivity index (χ1n) is 6.90. The molecule has 0 bridgehead atoms. The molecule has 23 heavy (non-hydrogen) atoms. The van der Waals surface area contributed by atoms with Crippen LogP contribution in [0.2, 0.25) is 4.34 Å². The van der Waals surface area contributed by atoms with Crippen molar-refractivity contribution in [2.75, 3.05) is 6.61 Å². The molecule has 0 amide bonds. The van der Waals surface area contributed by atoms with E-state index >= 15 is 0 Å². The Morgan fingerprint density at radius 1 is 1.35 bits per heavy atom. The van der Waals surface area contributed by atoms with E-state index in [1.165, 1.54) is 11.8 Å². The summed E-state index contributed by atoms with van der Waals surface area (Å²) in [6, 6.07) is 7.24. The number of benzene rings is 1. The van der Waals surface area contributed by atoms with Crippen molar-refractivity contribution in [3.05, 3.63) is 44.6 Å². The Morgan fingerprint density at radius 3 is 2.91 bits per heavy atom. The zero-order chi connectivity index (χ0) is 16.2. The Labute approximate surface area is 145 Å². The first kappa shape index (κ1) is 16.4. The van der Waals surface area contributed by atoms with Crippen LogP contribution >= 0.6 is 34.9 Å². The predicted octanol–water partition coefficient (Wildman–Crippen LogP) is 2.58. The number of hydrogen-bond acceptors (Lipinski definition) is 7. The number of nitrogens with zero attached hydrogens (tertiary/aromatic N) is 4. The van der Waals surface area contributed by atoms with Crippen LogP contribution in [-0.2, 0) is 12.3 Å². The molecular formula is C14H13ClN4O2S2. The zero-order valence-electron chi connectivity index (χ0n) is 12.0. The number of rotatable bonds is 6. The molecular weight excluding hydrogens is 356 g/mol. The van der Waals surface area contributed by atoms with Crippen molar-refractivity contribution in [1.29, 1.82) is 0 Å². The van der Waals surface area contributed by atoms with Crippen LogP contribution < -0.4 is 5.56 Å². The summed E-state index contributed by atoms with van der Waals surface area (Å²) in [5.41, 5.74) is 1.23. The van der Waals surface area contributed by atoms with Gasteiger partial charge in [0.1, 0.15) is 10.0 Å². The van der Waals surface area contributed by atoms with Crippen LogP contribution in [0.1, 0.15) is 12.1 Å². The van der Waals surface area contributed by atoms with E-state index in [-0.39, 0.29) is 12.2 Å². The molecule has 0 aliphatic rings. The van der Waals surface area contributed by atoms with Gasteiger partial charge >= 0.3 is 0 Å². The van der Waals surface area contributed by atoms with Gasteiger partial charge in [0.15, 0.2) is 5.16 Å². The summed E-state index contributed by atoms with van der Waals surface area (Å²) >= 11 is 8.53. The second kappa shape index (κ2) is 7.39. The van der Waals surface area contributed by atoms with E-state index in [9.17, 15) is 4.79 Å². The van der Waals surface area contributed by atoms with Gasteiger partial charge in [-0.25, -0.2) is 4.98 Å². The molecule has 0 aliphatic carbocycles. The monoisotopic (exact) mass is 368 g/mol. The van der Waals surface area contributed by atoms with Gasteiger partial charge in [-0.2, -0.15) is 0 Å². The third-order valence-corrected chi connectivity index (χ3v) is 5.19. The molecule has 0 radical (unpaired) electrons. The zero-order valence-corrected chi connectivity index (χ0v) is 14.4. The molecule has 0 unspecified atom stereocenters. The van der Waals surface area contributed by atoms with Crippen LogP contribution in [0.5, 0.6) is 0 Å². The summed E-state index contributed by atoms with van der Waals surface area (Å²) in [6.07, 6.45) is 0.493. The largest absolute Gasteiger partial charge is 0.396 e. The fourth-order valence-electron chi connectivity index (χ4n) is 2.10. The number of thioether (sulfide) groups is 1. The molecule has 1 aromatic carbocycles. The van der Waals surface area contributed by atoms with E-state index in [2.05, 4.69) is 14.6 Å². The van der Waals surface area contributed by atoms with Gasteiger partial charge in [-0.3, -0.25) is 9.36 Å². The molecule has 0 saturated carbocycles. The van der Waals surface area contributed by atoms with Gasteiger partial charge < -0.3 is 5.11 Å². The van der Waals surface area contributed by atoms with Crippen LogP contribution in [0, 0.1) is 0 Å². The van der Waals surface area contributed by atoms with Gasteiger partial charge in [-0.15, -0.1) is 5.10 Å². The molecule has 3 aromatic rings. The van der Waals surface area contributed by atoms with Crippen LogP contribution in [0.25, 0.3) is 10.9 Å². The van der Waals surface area contributed by atoms with Gasteiger partial charge in [0.25, 0.3) is 5.56 Å². The molecule has 0 atom stereocenters. The number of aromatic nitrogens is 4. The molecule has 2 aromatic heterocycles. The number of aliphatic hydroxyl groups excluding tert-OH is 1. The molecule has 2 heterocycles. The Morgan fingerprint density at radius 2 is 2.17 bits per heavy atom. The van der Waals surface area contributed by atoms with E-state index in [0.29, 0.717) is 44.8 Å². The van der Waals surface area contributed by atoms with Crippen molar-refractivity contribution >= 4 is 45.8 Å². The van der Waals surface area contributed by atoms with E-state index in [1.807, 2.05) is 18.2 Å². The molecule has 3 rings (SSSR count). The van der Waals surface area contributed by atoms with Crippen molar-refractivity contribution in [2.24, 2.45) is 0 Å². The second-order valence-corrected chi connectivity index (χ2v) is 7.03. The summed E-state index contributed by atoms with van der Waals surface area (Å²) in [6.45, 7) is 0.434. The lowest BCUT2D eigenvalue weighted by Gasteiger charge is -2.12. The highest BCUT2D eigenvalue weighted by Gasteiger charge is 2.13. The SMILES string of the molecule is O=c1c2ccccc2nc(SCc2nnsc2Cl)n1CCCO. The molecule has 0 aliphatic heterocycles. The summed E-state index contributed by atoms with van der Waals surface area (Å²) < 4.78 is 5.94. The highest BCUT2D eigenvalue weighted by Crippen LogP contribution is 2.26. The van der Waals surface area contributed by atoms with Crippen molar-refractivity contribution < 1.29 is 5.11 Å². The lowest BCUT2D eigenvalue weighted by atomic mass is 10.2. The number of halogens is 1. The minimum atomic E-state index is -0.103. The Hall–Kier alpha value is -1.48. The Balaban J connectivity index is 1.99. The highest BCUT2D eigenvalue weighted by molar-refractivity contribution is 7.98. The average Bonchev–Trinajstić information content (AvgIpc) is 2.97. The molecule has 6 nitrogen and oxygen atoms in total. The predicted molar refractivity (Wildman–Crippen MR) is 92.2 cm³/mol. The quantitative estimate of drug-likeness (QED) is 0.532. The highest BCUT2D eigenvalue weighted by atomic mass is 35.5. The summed E-state index contributed by atoms with van der Waals surface area (Å²) in [5.74, 6) is 0.485. The lowest BCUT2D eigenvalue weighted by molar-refractivity contribution is 0.276. The molecule has 0 saturated heterocycles. The summed E-state index contributed by atoms with van der Waals surface area (Å²) in [7, 11) is 0. The van der Waals surface area contributed by atoms with Crippen LogP contribution in [0.15, 0.2) is 34.2 Å². The smallest absolute Gasteiger partial charge is 0.262 e. The second-order valence-electron chi connectivity index (χ2n) is 4.73.